The highest BCUT2D eigenvalue weighted by Gasteiger charge is 2.93. The minimum atomic E-state index is -2.23. The van der Waals surface area contributed by atoms with Crippen LogP contribution in [0.2, 0.25) is 0 Å². The van der Waals surface area contributed by atoms with E-state index in [0.29, 0.717) is 5.57 Å². The van der Waals surface area contributed by atoms with Crippen molar-refractivity contribution in [3.05, 3.63) is 23.8 Å². The second-order valence-electron chi connectivity index (χ2n) is 13.2. The van der Waals surface area contributed by atoms with E-state index in [-0.39, 0.29) is 38.1 Å². The van der Waals surface area contributed by atoms with Crippen molar-refractivity contribution < 1.29 is 48.3 Å². The molecule has 0 unspecified atom stereocenters. The molecule has 5 saturated heterocycles. The lowest BCUT2D eigenvalue weighted by Crippen LogP contribution is -2.79. The number of fused-ring (bicyclic) bond motifs is 5. The van der Waals surface area contributed by atoms with Crippen LogP contribution in [0.1, 0.15) is 46.5 Å². The highest BCUT2D eigenvalue weighted by molar-refractivity contribution is 6.00. The first kappa shape index (κ1) is 23.5. The SMILES string of the molecule is C[C@]12C(=O)C[C@@H](O)C=C1C=C[C@@H]1[C@@H]2CC[C@@]2(O)C(=O)O[C@@]3(C)[C@H]4C[C@]5(C)[C@@H](CO[C@@]16O[C@]23[C@H]5C6=O)C(=O)O4. The van der Waals surface area contributed by atoms with Crippen LogP contribution in [0.3, 0.4) is 0 Å². The quantitative estimate of drug-likeness (QED) is 0.429. The molecule has 5 aliphatic heterocycles. The minimum Gasteiger partial charge on any atom is -0.458 e. The molecule has 202 valence electrons. The zero-order chi connectivity index (χ0) is 26.8. The summed E-state index contributed by atoms with van der Waals surface area (Å²) in [7, 11) is 0. The summed E-state index contributed by atoms with van der Waals surface area (Å²) in [4.78, 5) is 55.4. The van der Waals surface area contributed by atoms with Gasteiger partial charge in [-0.25, -0.2) is 4.79 Å². The molecule has 8 aliphatic rings. The highest BCUT2D eigenvalue weighted by Crippen LogP contribution is 2.74. The van der Waals surface area contributed by atoms with Crippen LogP contribution in [0.25, 0.3) is 0 Å². The van der Waals surface area contributed by atoms with Gasteiger partial charge in [-0.05, 0) is 50.0 Å². The summed E-state index contributed by atoms with van der Waals surface area (Å²) in [5.41, 5.74) is -7.17. The fourth-order valence-electron chi connectivity index (χ4n) is 9.89. The van der Waals surface area contributed by atoms with E-state index in [2.05, 4.69) is 0 Å². The fraction of sp³-hybridized carbons (Fsp3) is 0.714. The molecule has 0 aromatic heterocycles. The number of carbonyl (C=O) groups is 4. The van der Waals surface area contributed by atoms with Crippen molar-refractivity contribution in [3.8, 4) is 0 Å². The Labute approximate surface area is 218 Å². The van der Waals surface area contributed by atoms with Gasteiger partial charge in [-0.3, -0.25) is 14.4 Å². The summed E-state index contributed by atoms with van der Waals surface area (Å²) >= 11 is 0. The Morgan fingerprint density at radius 3 is 2.63 bits per heavy atom. The van der Waals surface area contributed by atoms with Gasteiger partial charge >= 0.3 is 11.9 Å². The van der Waals surface area contributed by atoms with Gasteiger partial charge in [0.25, 0.3) is 0 Å². The third-order valence-electron chi connectivity index (χ3n) is 11.9. The molecule has 10 heteroatoms. The van der Waals surface area contributed by atoms with E-state index in [4.69, 9.17) is 18.9 Å². The van der Waals surface area contributed by atoms with Crippen molar-refractivity contribution in [3.63, 3.8) is 0 Å². The van der Waals surface area contributed by atoms with E-state index < -0.39 is 87.0 Å². The summed E-state index contributed by atoms with van der Waals surface area (Å²) in [5.74, 6) is -7.21. The van der Waals surface area contributed by atoms with Crippen LogP contribution in [0.4, 0.5) is 0 Å². The standard InChI is InChI=1S/C28H30O10/c1-23-10-18-25(3)28-19(23)20(31)27(38-28,35-11-16(23)21(32)36-18)15-5-4-12-8-13(29)9-17(30)24(12,2)14(15)6-7-26(28,34)22(33)37-25/h4-5,8,13-16,18-19,29,34H,6-7,9-11H2,1-3H3/t13-,14-,15+,16-,18+,19-,23+,24-,25-,26+,27+,28-/m0/s1. The third-order valence-corrected chi connectivity index (χ3v) is 11.9. The first-order chi connectivity index (χ1) is 17.8. The lowest BCUT2D eigenvalue weighted by molar-refractivity contribution is -0.370. The molecule has 2 N–H and O–H groups in total. The van der Waals surface area contributed by atoms with Gasteiger partial charge in [0.1, 0.15) is 11.9 Å². The number of ether oxygens (including phenoxy) is 4. The molecular formula is C28H30O10. The number of aliphatic hydroxyl groups is 2. The summed E-state index contributed by atoms with van der Waals surface area (Å²) in [6.07, 6.45) is 3.65. The summed E-state index contributed by atoms with van der Waals surface area (Å²) in [6, 6.07) is 0. The van der Waals surface area contributed by atoms with Crippen LogP contribution >= 0.6 is 0 Å². The zero-order valence-electron chi connectivity index (χ0n) is 21.4. The van der Waals surface area contributed by atoms with Gasteiger partial charge in [0, 0.05) is 12.3 Å². The summed E-state index contributed by atoms with van der Waals surface area (Å²) < 4.78 is 25.0. The highest BCUT2D eigenvalue weighted by atomic mass is 16.8. The van der Waals surface area contributed by atoms with Crippen LogP contribution in [0.5, 0.6) is 0 Å². The molecule has 38 heavy (non-hydrogen) atoms. The molecule has 6 fully saturated rings. The Kier molecular flexibility index (Phi) is 3.91. The fourth-order valence-corrected chi connectivity index (χ4v) is 9.89. The van der Waals surface area contributed by atoms with Crippen molar-refractivity contribution >= 4 is 23.5 Å². The lowest BCUT2D eigenvalue weighted by atomic mass is 9.46. The van der Waals surface area contributed by atoms with Gasteiger partial charge in [0.2, 0.25) is 5.79 Å². The largest absolute Gasteiger partial charge is 0.458 e. The topological polar surface area (TPSA) is 146 Å². The molecule has 5 bridgehead atoms. The van der Waals surface area contributed by atoms with Gasteiger partial charge in [-0.1, -0.05) is 25.2 Å². The van der Waals surface area contributed by atoms with Crippen LogP contribution in [0.15, 0.2) is 23.8 Å². The van der Waals surface area contributed by atoms with Crippen LogP contribution in [0, 0.1) is 34.5 Å². The maximum Gasteiger partial charge on any atom is 0.342 e. The van der Waals surface area contributed by atoms with Crippen molar-refractivity contribution in [2.24, 2.45) is 34.5 Å². The van der Waals surface area contributed by atoms with Crippen molar-refractivity contribution in [1.29, 1.82) is 0 Å². The number of hydrogen-bond acceptors (Lipinski definition) is 10. The number of carbonyl (C=O) groups excluding carboxylic acids is 4. The Morgan fingerprint density at radius 1 is 1.11 bits per heavy atom. The van der Waals surface area contributed by atoms with Gasteiger partial charge in [-0.15, -0.1) is 0 Å². The first-order valence-corrected chi connectivity index (χ1v) is 13.5. The smallest absolute Gasteiger partial charge is 0.342 e. The molecule has 0 amide bonds. The van der Waals surface area contributed by atoms with Gasteiger partial charge < -0.3 is 29.2 Å². The lowest BCUT2D eigenvalue weighted by Gasteiger charge is -2.62. The molecule has 5 heterocycles. The Balaban J connectivity index is 1.43. The molecule has 0 aromatic rings. The molecule has 0 radical (unpaired) electrons. The molecule has 2 spiro atoms. The Hall–Kier alpha value is -2.40. The summed E-state index contributed by atoms with van der Waals surface area (Å²) in [5, 5.41) is 22.7. The van der Waals surface area contributed by atoms with Crippen LogP contribution in [-0.4, -0.2) is 75.1 Å². The first-order valence-electron chi connectivity index (χ1n) is 13.5. The molecule has 1 saturated carbocycles. The van der Waals surface area contributed by atoms with Gasteiger partial charge in [0.15, 0.2) is 22.6 Å². The monoisotopic (exact) mass is 526 g/mol. The minimum absolute atomic E-state index is 0.0790. The maximum absolute atomic E-state index is 14.8. The number of aliphatic hydroxyl groups excluding tert-OH is 1. The predicted octanol–water partition coefficient (Wildman–Crippen LogP) is 0.528. The van der Waals surface area contributed by atoms with Gasteiger partial charge in [-0.2, -0.15) is 0 Å². The molecule has 12 atom stereocenters. The Morgan fingerprint density at radius 2 is 1.87 bits per heavy atom. The van der Waals surface area contributed by atoms with E-state index in [1.54, 1.807) is 32.1 Å². The average molecular weight is 527 g/mol. The second-order valence-corrected chi connectivity index (χ2v) is 13.2. The van der Waals surface area contributed by atoms with Crippen molar-refractivity contribution in [1.82, 2.24) is 0 Å². The average Bonchev–Trinajstić information content (AvgIpc) is 3.16. The van der Waals surface area contributed by atoms with Crippen LogP contribution < -0.4 is 0 Å². The normalized spacial score (nSPS) is 59.2. The molecule has 3 aliphatic carbocycles. The van der Waals surface area contributed by atoms with E-state index in [1.165, 1.54) is 0 Å². The summed E-state index contributed by atoms with van der Waals surface area (Å²) in [6.45, 7) is 5.07. The second kappa shape index (κ2) is 6.32. The predicted molar refractivity (Wildman–Crippen MR) is 124 cm³/mol. The number of Topliss-reactive ketones (excluding diaryl/α,β-unsaturated/α-hetero) is 2. The molecular weight excluding hydrogens is 496 g/mol. The number of ketones is 2. The number of esters is 2. The molecule has 8 rings (SSSR count). The van der Waals surface area contributed by atoms with E-state index in [1.807, 2.05) is 6.92 Å². The van der Waals surface area contributed by atoms with Crippen molar-refractivity contribution in [2.45, 2.75) is 81.3 Å². The number of allylic oxidation sites excluding steroid dienone is 2. The van der Waals surface area contributed by atoms with Crippen molar-refractivity contribution in [2.75, 3.05) is 6.61 Å². The van der Waals surface area contributed by atoms with Gasteiger partial charge in [0.05, 0.1) is 30.0 Å². The number of hydrogen-bond donors (Lipinski definition) is 2. The third kappa shape index (κ3) is 2.03. The van der Waals surface area contributed by atoms with E-state index in [0.717, 1.165) is 0 Å². The Bertz CT molecular complexity index is 1330. The molecule has 0 aromatic carbocycles. The van der Waals surface area contributed by atoms with E-state index >= 15 is 0 Å². The zero-order valence-corrected chi connectivity index (χ0v) is 21.4. The number of rotatable bonds is 0. The van der Waals surface area contributed by atoms with E-state index in [9.17, 15) is 29.4 Å². The maximum atomic E-state index is 14.8. The van der Waals surface area contributed by atoms with Crippen LogP contribution in [-0.2, 0) is 38.1 Å². The molecule has 10 nitrogen and oxygen atoms in total.